The van der Waals surface area contributed by atoms with Crippen LogP contribution >= 0.6 is 10.7 Å². The SMILES string of the molecule is O=C(CC1CC1)Nc1cc(F)c(S(=O)(=O)Cl)cc1[N+](=O)[O-]. The van der Waals surface area contributed by atoms with E-state index in [9.17, 15) is 27.7 Å². The first-order valence-electron chi connectivity index (χ1n) is 5.91. The van der Waals surface area contributed by atoms with E-state index in [-0.39, 0.29) is 12.3 Å². The number of rotatable bonds is 5. The minimum atomic E-state index is -4.46. The minimum absolute atomic E-state index is 0.189. The van der Waals surface area contributed by atoms with Crippen LogP contribution in [0.1, 0.15) is 19.3 Å². The molecule has 0 bridgehead atoms. The summed E-state index contributed by atoms with van der Waals surface area (Å²) in [6.07, 6.45) is 2.01. The predicted octanol–water partition coefficient (Wildman–Crippen LogP) is 2.40. The van der Waals surface area contributed by atoms with Gasteiger partial charge in [0, 0.05) is 29.2 Å². The first kappa shape index (κ1) is 15.6. The third-order valence-corrected chi connectivity index (χ3v) is 4.29. The van der Waals surface area contributed by atoms with Crippen LogP contribution in [0.3, 0.4) is 0 Å². The number of nitrogens with one attached hydrogen (secondary N) is 1. The van der Waals surface area contributed by atoms with Crippen molar-refractivity contribution in [2.45, 2.75) is 24.2 Å². The van der Waals surface area contributed by atoms with Crippen molar-refractivity contribution >= 4 is 37.0 Å². The molecule has 1 fully saturated rings. The number of carbonyl (C=O) groups is 1. The summed E-state index contributed by atoms with van der Waals surface area (Å²) in [6.45, 7) is 0. The van der Waals surface area contributed by atoms with Gasteiger partial charge < -0.3 is 5.32 Å². The van der Waals surface area contributed by atoms with E-state index in [1.165, 1.54) is 0 Å². The van der Waals surface area contributed by atoms with Crippen molar-refractivity contribution in [1.82, 2.24) is 0 Å². The lowest BCUT2D eigenvalue weighted by molar-refractivity contribution is -0.384. The molecular formula is C11H10ClFN2O5S. The summed E-state index contributed by atoms with van der Waals surface area (Å²) in [5.41, 5.74) is -1.13. The molecule has 7 nitrogen and oxygen atoms in total. The molecule has 0 aliphatic heterocycles. The Balaban J connectivity index is 2.37. The van der Waals surface area contributed by atoms with E-state index in [4.69, 9.17) is 10.7 Å². The number of nitrogens with zero attached hydrogens (tertiary/aromatic N) is 1. The molecule has 0 radical (unpaired) electrons. The quantitative estimate of drug-likeness (QED) is 0.504. The Bertz CT molecular complexity index is 718. The second-order valence-corrected chi connectivity index (χ2v) is 7.22. The Morgan fingerprint density at radius 3 is 2.57 bits per heavy atom. The van der Waals surface area contributed by atoms with Gasteiger partial charge in [0.05, 0.1) is 4.92 Å². The molecular weight excluding hydrogens is 327 g/mol. The van der Waals surface area contributed by atoms with E-state index in [2.05, 4.69) is 5.32 Å². The standard InChI is InChI=1S/C11H10ClFN2O5S/c12-21(19,20)10-5-9(15(17)18)8(4-7(10)13)14-11(16)3-6-1-2-6/h4-6H,1-3H2,(H,14,16). The van der Waals surface area contributed by atoms with Crippen molar-refractivity contribution in [3.63, 3.8) is 0 Å². The highest BCUT2D eigenvalue weighted by Gasteiger charge is 2.28. The van der Waals surface area contributed by atoms with Crippen molar-refractivity contribution in [3.05, 3.63) is 28.1 Å². The second kappa shape index (κ2) is 5.57. The van der Waals surface area contributed by atoms with Crippen LogP contribution in [0.2, 0.25) is 0 Å². The van der Waals surface area contributed by atoms with E-state index in [0.29, 0.717) is 12.1 Å². The number of nitro benzene ring substituents is 1. The molecule has 1 aliphatic carbocycles. The van der Waals surface area contributed by atoms with Gasteiger partial charge in [0.15, 0.2) is 0 Å². The molecule has 0 spiro atoms. The van der Waals surface area contributed by atoms with Crippen LogP contribution in [0.15, 0.2) is 17.0 Å². The number of benzene rings is 1. The normalized spacial score (nSPS) is 14.8. The molecule has 10 heteroatoms. The van der Waals surface area contributed by atoms with E-state index in [1.807, 2.05) is 0 Å². The van der Waals surface area contributed by atoms with E-state index in [1.54, 1.807) is 0 Å². The lowest BCUT2D eigenvalue weighted by Gasteiger charge is -2.07. The first-order valence-corrected chi connectivity index (χ1v) is 8.22. The number of hydrogen-bond donors (Lipinski definition) is 1. The molecule has 1 amide bonds. The van der Waals surface area contributed by atoms with Crippen molar-refractivity contribution in [3.8, 4) is 0 Å². The Morgan fingerprint density at radius 2 is 2.10 bits per heavy atom. The lowest BCUT2D eigenvalue weighted by Crippen LogP contribution is -2.14. The maximum atomic E-state index is 13.7. The smallest absolute Gasteiger partial charge is 0.294 e. The Hall–Kier alpha value is -1.74. The van der Waals surface area contributed by atoms with Crippen LogP contribution in [-0.4, -0.2) is 19.2 Å². The fraction of sp³-hybridized carbons (Fsp3) is 0.364. The summed E-state index contributed by atoms with van der Waals surface area (Å²) in [4.78, 5) is 20.6. The van der Waals surface area contributed by atoms with E-state index in [0.717, 1.165) is 12.8 Å². The average Bonchev–Trinajstić information content (AvgIpc) is 3.10. The number of amides is 1. The van der Waals surface area contributed by atoms with Crippen LogP contribution in [0.5, 0.6) is 0 Å². The largest absolute Gasteiger partial charge is 0.320 e. The summed E-state index contributed by atoms with van der Waals surface area (Å²) < 4.78 is 35.9. The molecule has 1 aromatic rings. The summed E-state index contributed by atoms with van der Waals surface area (Å²) in [6, 6.07) is 1.07. The van der Waals surface area contributed by atoms with Gasteiger partial charge in [-0.1, -0.05) is 0 Å². The molecule has 1 aliphatic rings. The molecule has 1 saturated carbocycles. The summed E-state index contributed by atoms with van der Waals surface area (Å²) in [7, 11) is 0.534. The van der Waals surface area contributed by atoms with Gasteiger partial charge in [0.1, 0.15) is 16.4 Å². The third kappa shape index (κ3) is 3.88. The monoisotopic (exact) mass is 336 g/mol. The highest BCUT2D eigenvalue weighted by Crippen LogP contribution is 2.34. The molecule has 21 heavy (non-hydrogen) atoms. The number of hydrogen-bond acceptors (Lipinski definition) is 5. The Morgan fingerprint density at radius 1 is 1.48 bits per heavy atom. The Kier molecular flexibility index (Phi) is 4.15. The number of anilines is 1. The highest BCUT2D eigenvalue weighted by atomic mass is 35.7. The average molecular weight is 337 g/mol. The van der Waals surface area contributed by atoms with E-state index < -0.39 is 42.0 Å². The fourth-order valence-electron chi connectivity index (χ4n) is 1.77. The molecule has 2 rings (SSSR count). The van der Waals surface area contributed by atoms with Crippen LogP contribution < -0.4 is 5.32 Å². The molecule has 0 unspecified atom stereocenters. The molecule has 114 valence electrons. The van der Waals surface area contributed by atoms with Gasteiger partial charge in [-0.05, 0) is 18.8 Å². The fourth-order valence-corrected chi connectivity index (χ4v) is 2.67. The van der Waals surface area contributed by atoms with Crippen LogP contribution in [0.4, 0.5) is 15.8 Å². The molecule has 0 aromatic heterocycles. The van der Waals surface area contributed by atoms with Gasteiger partial charge >= 0.3 is 0 Å². The van der Waals surface area contributed by atoms with Crippen LogP contribution in [-0.2, 0) is 13.8 Å². The summed E-state index contributed by atoms with van der Waals surface area (Å²) >= 11 is 0. The van der Waals surface area contributed by atoms with Gasteiger partial charge in [-0.25, -0.2) is 12.8 Å². The second-order valence-electron chi connectivity index (χ2n) is 4.69. The number of carbonyl (C=O) groups excluding carboxylic acids is 1. The Labute approximate surface area is 123 Å². The number of nitro groups is 1. The molecule has 0 heterocycles. The van der Waals surface area contributed by atoms with Crippen molar-refractivity contribution < 1.29 is 22.5 Å². The van der Waals surface area contributed by atoms with Gasteiger partial charge in [-0.3, -0.25) is 14.9 Å². The zero-order chi connectivity index (χ0) is 15.8. The highest BCUT2D eigenvalue weighted by molar-refractivity contribution is 8.13. The minimum Gasteiger partial charge on any atom is -0.320 e. The van der Waals surface area contributed by atoms with Crippen molar-refractivity contribution in [2.24, 2.45) is 5.92 Å². The molecule has 0 atom stereocenters. The molecule has 0 saturated heterocycles. The summed E-state index contributed by atoms with van der Waals surface area (Å²) in [5.74, 6) is -1.50. The summed E-state index contributed by atoms with van der Waals surface area (Å²) in [5, 5.41) is 13.1. The zero-order valence-electron chi connectivity index (χ0n) is 10.5. The van der Waals surface area contributed by atoms with Gasteiger partial charge in [-0.2, -0.15) is 0 Å². The predicted molar refractivity (Wildman–Crippen MR) is 72.1 cm³/mol. The van der Waals surface area contributed by atoms with E-state index >= 15 is 0 Å². The maximum absolute atomic E-state index is 13.7. The zero-order valence-corrected chi connectivity index (χ0v) is 12.1. The number of halogens is 2. The van der Waals surface area contributed by atoms with Crippen molar-refractivity contribution in [1.29, 1.82) is 0 Å². The first-order chi connectivity index (χ1) is 9.68. The lowest BCUT2D eigenvalue weighted by atomic mass is 10.2. The van der Waals surface area contributed by atoms with Crippen LogP contribution in [0.25, 0.3) is 0 Å². The molecule has 1 aromatic carbocycles. The van der Waals surface area contributed by atoms with Gasteiger partial charge in [0.2, 0.25) is 5.91 Å². The molecule has 1 N–H and O–H groups in total. The maximum Gasteiger partial charge on any atom is 0.294 e. The van der Waals surface area contributed by atoms with Crippen molar-refractivity contribution in [2.75, 3.05) is 5.32 Å². The van der Waals surface area contributed by atoms with Crippen LogP contribution in [0, 0.1) is 21.8 Å². The third-order valence-electron chi connectivity index (χ3n) is 2.95. The van der Waals surface area contributed by atoms with Gasteiger partial charge in [0.25, 0.3) is 14.7 Å². The topological polar surface area (TPSA) is 106 Å². The van der Waals surface area contributed by atoms with Gasteiger partial charge in [-0.15, -0.1) is 0 Å².